The van der Waals surface area contributed by atoms with E-state index < -0.39 is 25.4 Å². The summed E-state index contributed by atoms with van der Waals surface area (Å²) in [4.78, 5) is 20.0. The fourth-order valence-electron chi connectivity index (χ4n) is 1.61. The van der Waals surface area contributed by atoms with Crippen LogP contribution in [0.5, 0.6) is 0 Å². The minimum Gasteiger partial charge on any atom is -0.253 e. The van der Waals surface area contributed by atoms with Gasteiger partial charge in [-0.1, -0.05) is 39.5 Å². The molecule has 0 aliphatic carbocycles. The van der Waals surface area contributed by atoms with Crippen molar-refractivity contribution in [2.75, 3.05) is 11.5 Å². The molecule has 0 rings (SSSR count). The first-order chi connectivity index (χ1) is 8.54. The Balaban J connectivity index is 4.82. The molecular formula is C11H22N2O4S. The summed E-state index contributed by atoms with van der Waals surface area (Å²) in [5, 5.41) is 20.9. The molecule has 0 saturated heterocycles. The Morgan fingerprint density at radius 3 is 1.56 bits per heavy atom. The first kappa shape index (κ1) is 17.0. The Morgan fingerprint density at radius 1 is 0.889 bits per heavy atom. The predicted octanol–water partition coefficient (Wildman–Crippen LogP) is 3.28. The summed E-state index contributed by atoms with van der Waals surface area (Å²) in [5.74, 6) is 1.16. The van der Waals surface area contributed by atoms with Gasteiger partial charge >= 0.3 is 5.11 Å². The summed E-state index contributed by atoms with van der Waals surface area (Å²) in [6, 6.07) is 0. The molecule has 0 unspecified atom stereocenters. The molecule has 106 valence electrons. The monoisotopic (exact) mass is 278 g/mol. The first-order valence-corrected chi connectivity index (χ1v) is 7.94. The SMILES string of the molecule is CCCCCS(CCCCC)=C([N+](=O)[O-])[N+](=O)[O-]. The van der Waals surface area contributed by atoms with Crippen LogP contribution >= 0.6 is 10.5 Å². The largest absolute Gasteiger partial charge is 0.586 e. The summed E-state index contributed by atoms with van der Waals surface area (Å²) in [7, 11) is -0.807. The van der Waals surface area contributed by atoms with Crippen molar-refractivity contribution in [3.63, 3.8) is 0 Å². The van der Waals surface area contributed by atoms with E-state index in [2.05, 4.69) is 0 Å². The lowest BCUT2D eigenvalue weighted by Crippen LogP contribution is -2.23. The van der Waals surface area contributed by atoms with Gasteiger partial charge in [0.2, 0.25) is 0 Å². The van der Waals surface area contributed by atoms with Gasteiger partial charge in [0, 0.05) is 11.5 Å². The van der Waals surface area contributed by atoms with E-state index in [-0.39, 0.29) is 0 Å². The zero-order chi connectivity index (χ0) is 14.0. The second-order valence-electron chi connectivity index (χ2n) is 4.11. The van der Waals surface area contributed by atoms with Crippen molar-refractivity contribution in [1.29, 1.82) is 0 Å². The van der Waals surface area contributed by atoms with E-state index in [0.717, 1.165) is 38.5 Å². The third-order valence-corrected chi connectivity index (χ3v) is 4.94. The Morgan fingerprint density at radius 2 is 1.28 bits per heavy atom. The Bertz CT molecular complexity index is 290. The number of rotatable bonds is 8. The second-order valence-corrected chi connectivity index (χ2v) is 6.28. The fraction of sp³-hybridized carbons (Fsp3) is 0.909. The fourth-order valence-corrected chi connectivity index (χ4v) is 3.71. The molecule has 6 nitrogen and oxygen atoms in total. The summed E-state index contributed by atoms with van der Waals surface area (Å²) < 4.78 is 0. The predicted molar refractivity (Wildman–Crippen MR) is 75.4 cm³/mol. The Hall–Kier alpha value is -0.980. The quantitative estimate of drug-likeness (QED) is 0.295. The molecule has 0 radical (unpaired) electrons. The zero-order valence-electron chi connectivity index (χ0n) is 11.1. The maximum absolute atomic E-state index is 10.8. The van der Waals surface area contributed by atoms with E-state index in [1.54, 1.807) is 0 Å². The molecule has 0 spiro atoms. The van der Waals surface area contributed by atoms with Crippen LogP contribution in [0.2, 0.25) is 0 Å². The Labute approximate surface area is 110 Å². The molecule has 0 atom stereocenters. The maximum atomic E-state index is 10.8. The molecule has 0 amide bonds. The van der Waals surface area contributed by atoms with E-state index in [0.29, 0.717) is 11.5 Å². The molecule has 0 saturated carbocycles. The van der Waals surface area contributed by atoms with Crippen LogP contribution < -0.4 is 0 Å². The van der Waals surface area contributed by atoms with Crippen LogP contribution in [-0.4, -0.2) is 26.5 Å². The van der Waals surface area contributed by atoms with Gasteiger partial charge in [0.1, 0.15) is 9.85 Å². The lowest BCUT2D eigenvalue weighted by molar-refractivity contribution is -0.495. The molecule has 0 bridgehead atoms. The molecule has 0 aromatic carbocycles. The smallest absolute Gasteiger partial charge is 0.253 e. The van der Waals surface area contributed by atoms with Crippen molar-refractivity contribution in [3.8, 4) is 0 Å². The van der Waals surface area contributed by atoms with Gasteiger partial charge in [-0.25, -0.2) is 0 Å². The van der Waals surface area contributed by atoms with Gasteiger partial charge in [0.25, 0.3) is 0 Å². The van der Waals surface area contributed by atoms with Gasteiger partial charge in [-0.2, -0.15) is 0 Å². The molecule has 7 heteroatoms. The van der Waals surface area contributed by atoms with Gasteiger partial charge < -0.3 is 0 Å². The average molecular weight is 278 g/mol. The number of unbranched alkanes of at least 4 members (excludes halogenated alkanes) is 4. The summed E-state index contributed by atoms with van der Waals surface area (Å²) >= 11 is 0. The molecule has 0 aromatic heterocycles. The third-order valence-electron chi connectivity index (χ3n) is 2.56. The van der Waals surface area contributed by atoms with Crippen molar-refractivity contribution in [2.24, 2.45) is 0 Å². The average Bonchev–Trinajstić information content (AvgIpc) is 2.28. The number of nitro groups is 2. The minimum absolute atomic E-state index is 0.578. The lowest BCUT2D eigenvalue weighted by atomic mass is 10.3. The van der Waals surface area contributed by atoms with E-state index in [4.69, 9.17) is 0 Å². The number of nitrogens with zero attached hydrogens (tertiary/aromatic N) is 2. The van der Waals surface area contributed by atoms with Crippen molar-refractivity contribution in [1.82, 2.24) is 0 Å². The molecule has 0 aliphatic heterocycles. The molecule has 0 heterocycles. The summed E-state index contributed by atoms with van der Waals surface area (Å²) in [6.45, 7) is 4.08. The van der Waals surface area contributed by atoms with Crippen molar-refractivity contribution in [3.05, 3.63) is 20.2 Å². The third kappa shape index (κ3) is 6.68. The highest BCUT2D eigenvalue weighted by Crippen LogP contribution is 2.21. The van der Waals surface area contributed by atoms with Gasteiger partial charge in [0.15, 0.2) is 0 Å². The van der Waals surface area contributed by atoms with Crippen LogP contribution in [0.3, 0.4) is 0 Å². The maximum Gasteiger partial charge on any atom is 0.586 e. The topological polar surface area (TPSA) is 86.3 Å². The van der Waals surface area contributed by atoms with Crippen molar-refractivity contribution < 1.29 is 9.85 Å². The van der Waals surface area contributed by atoms with E-state index >= 15 is 0 Å². The van der Waals surface area contributed by atoms with Gasteiger partial charge in [-0.05, 0) is 23.3 Å². The van der Waals surface area contributed by atoms with E-state index in [9.17, 15) is 20.2 Å². The van der Waals surface area contributed by atoms with Crippen LogP contribution in [0.1, 0.15) is 52.4 Å². The van der Waals surface area contributed by atoms with Crippen LogP contribution in [0.4, 0.5) is 0 Å². The van der Waals surface area contributed by atoms with Crippen LogP contribution in [0.25, 0.3) is 0 Å². The molecule has 0 N–H and O–H groups in total. The number of hydrogen-bond donors (Lipinski definition) is 0. The Kier molecular flexibility index (Phi) is 9.45. The highest BCUT2D eigenvalue weighted by atomic mass is 32.2. The molecule has 18 heavy (non-hydrogen) atoms. The van der Waals surface area contributed by atoms with Gasteiger partial charge in [-0.3, -0.25) is 20.2 Å². The second kappa shape index (κ2) is 9.99. The zero-order valence-corrected chi connectivity index (χ0v) is 11.9. The van der Waals surface area contributed by atoms with Crippen LogP contribution in [0, 0.1) is 20.2 Å². The van der Waals surface area contributed by atoms with Crippen LogP contribution in [0.15, 0.2) is 0 Å². The van der Waals surface area contributed by atoms with Crippen LogP contribution in [-0.2, 0) is 0 Å². The molecule has 0 fully saturated rings. The first-order valence-electron chi connectivity index (χ1n) is 6.37. The highest BCUT2D eigenvalue weighted by Gasteiger charge is 2.30. The minimum atomic E-state index is -0.807. The molecule has 0 aromatic rings. The highest BCUT2D eigenvalue weighted by molar-refractivity contribution is 8.15. The lowest BCUT2D eigenvalue weighted by Gasteiger charge is -2.05. The number of hydrogen-bond acceptors (Lipinski definition) is 4. The summed E-state index contributed by atoms with van der Waals surface area (Å²) in [5.41, 5.74) is 0. The molecule has 0 aliphatic rings. The summed E-state index contributed by atoms with van der Waals surface area (Å²) in [6.07, 6.45) is 5.63. The molecular weight excluding hydrogens is 256 g/mol. The van der Waals surface area contributed by atoms with Crippen molar-refractivity contribution in [2.45, 2.75) is 52.4 Å². The van der Waals surface area contributed by atoms with Crippen molar-refractivity contribution >= 4 is 15.6 Å². The van der Waals surface area contributed by atoms with Gasteiger partial charge in [-0.15, -0.1) is 0 Å². The van der Waals surface area contributed by atoms with Gasteiger partial charge in [0.05, 0.1) is 0 Å². The normalized spacial score (nSPS) is 10.6. The van der Waals surface area contributed by atoms with E-state index in [1.165, 1.54) is 0 Å². The van der Waals surface area contributed by atoms with E-state index in [1.807, 2.05) is 13.8 Å². The standard InChI is InChI=1S/C11H22N2O4S/c1-3-5-7-9-18(10-8-6-4-2)11(12(14)15)13(16)17/h3-10H2,1-2H3.